The van der Waals surface area contributed by atoms with Crippen molar-refractivity contribution in [2.75, 3.05) is 6.54 Å². The lowest BCUT2D eigenvalue weighted by molar-refractivity contribution is -0.133. The van der Waals surface area contributed by atoms with Crippen LogP contribution in [0.25, 0.3) is 0 Å². The van der Waals surface area contributed by atoms with Gasteiger partial charge >= 0.3 is 0 Å². The summed E-state index contributed by atoms with van der Waals surface area (Å²) in [7, 11) is 0. The van der Waals surface area contributed by atoms with Crippen LogP contribution in [0.4, 0.5) is 4.39 Å². The SMILES string of the molecule is CCCC[C@H](N)C(=O)N(CC)Cc1ccc(C#N)cc1F. The number of carbonyl (C=O) groups excluding carboxylic acids is 1. The number of nitrogens with two attached hydrogens (primary N) is 1. The summed E-state index contributed by atoms with van der Waals surface area (Å²) in [4.78, 5) is 13.8. The van der Waals surface area contributed by atoms with Gasteiger partial charge in [0, 0.05) is 18.7 Å². The van der Waals surface area contributed by atoms with Gasteiger partial charge in [-0.1, -0.05) is 25.8 Å². The number of amides is 1. The quantitative estimate of drug-likeness (QED) is 0.839. The summed E-state index contributed by atoms with van der Waals surface area (Å²) in [5.41, 5.74) is 6.55. The molecule has 0 aliphatic carbocycles. The largest absolute Gasteiger partial charge is 0.337 e. The minimum Gasteiger partial charge on any atom is -0.337 e. The van der Waals surface area contributed by atoms with Crippen LogP contribution in [-0.2, 0) is 11.3 Å². The normalized spacial score (nSPS) is 11.8. The van der Waals surface area contributed by atoms with Crippen molar-refractivity contribution in [3.8, 4) is 6.07 Å². The van der Waals surface area contributed by atoms with E-state index >= 15 is 0 Å². The summed E-state index contributed by atoms with van der Waals surface area (Å²) in [6.07, 6.45) is 2.52. The monoisotopic (exact) mass is 291 g/mol. The Hall–Kier alpha value is -1.93. The molecular weight excluding hydrogens is 269 g/mol. The Labute approximate surface area is 125 Å². The fraction of sp³-hybridized carbons (Fsp3) is 0.500. The smallest absolute Gasteiger partial charge is 0.239 e. The van der Waals surface area contributed by atoms with E-state index in [1.54, 1.807) is 17.0 Å². The van der Waals surface area contributed by atoms with Crippen LogP contribution in [0.5, 0.6) is 0 Å². The van der Waals surface area contributed by atoms with E-state index < -0.39 is 11.9 Å². The van der Waals surface area contributed by atoms with E-state index in [1.165, 1.54) is 6.07 Å². The number of rotatable bonds is 7. The predicted molar refractivity (Wildman–Crippen MR) is 79.7 cm³/mol. The Bertz CT molecular complexity index is 525. The van der Waals surface area contributed by atoms with E-state index in [2.05, 4.69) is 0 Å². The maximum Gasteiger partial charge on any atom is 0.239 e. The van der Waals surface area contributed by atoms with Crippen LogP contribution in [0, 0.1) is 17.1 Å². The van der Waals surface area contributed by atoms with Crippen LogP contribution in [-0.4, -0.2) is 23.4 Å². The summed E-state index contributed by atoms with van der Waals surface area (Å²) >= 11 is 0. The fourth-order valence-corrected chi connectivity index (χ4v) is 2.08. The fourth-order valence-electron chi connectivity index (χ4n) is 2.08. The Kier molecular flexibility index (Phi) is 6.83. The number of unbranched alkanes of at least 4 members (excludes halogenated alkanes) is 1. The number of nitriles is 1. The van der Waals surface area contributed by atoms with Crippen molar-refractivity contribution in [1.29, 1.82) is 5.26 Å². The molecular formula is C16H22FN3O. The molecule has 1 amide bonds. The molecule has 0 aliphatic rings. The van der Waals surface area contributed by atoms with Gasteiger partial charge in [-0.25, -0.2) is 4.39 Å². The summed E-state index contributed by atoms with van der Waals surface area (Å²) in [5.74, 6) is -0.628. The summed E-state index contributed by atoms with van der Waals surface area (Å²) in [5, 5.41) is 8.73. The van der Waals surface area contributed by atoms with Crippen LogP contribution < -0.4 is 5.73 Å². The van der Waals surface area contributed by atoms with Crippen LogP contribution in [0.3, 0.4) is 0 Å². The lowest BCUT2D eigenvalue weighted by Gasteiger charge is -2.24. The van der Waals surface area contributed by atoms with Gasteiger partial charge in [0.2, 0.25) is 5.91 Å². The first kappa shape index (κ1) is 17.1. The number of benzene rings is 1. The van der Waals surface area contributed by atoms with Gasteiger partial charge in [0.05, 0.1) is 17.7 Å². The highest BCUT2D eigenvalue weighted by Crippen LogP contribution is 2.14. The van der Waals surface area contributed by atoms with E-state index in [9.17, 15) is 9.18 Å². The molecule has 4 nitrogen and oxygen atoms in total. The minimum atomic E-state index is -0.536. The van der Waals surface area contributed by atoms with Crippen molar-refractivity contribution in [2.45, 2.75) is 45.7 Å². The second-order valence-corrected chi connectivity index (χ2v) is 5.02. The molecule has 0 aliphatic heterocycles. The zero-order valence-corrected chi connectivity index (χ0v) is 12.6. The van der Waals surface area contributed by atoms with Crippen molar-refractivity contribution in [1.82, 2.24) is 4.90 Å². The van der Waals surface area contributed by atoms with Gasteiger partial charge in [-0.05, 0) is 25.5 Å². The van der Waals surface area contributed by atoms with Crippen LogP contribution in [0.1, 0.15) is 44.2 Å². The number of halogens is 1. The molecule has 1 atom stereocenters. The van der Waals surface area contributed by atoms with Gasteiger partial charge in [-0.3, -0.25) is 4.79 Å². The summed E-state index contributed by atoms with van der Waals surface area (Å²) < 4.78 is 13.9. The van der Waals surface area contributed by atoms with Crippen molar-refractivity contribution in [3.05, 3.63) is 35.1 Å². The average molecular weight is 291 g/mol. The average Bonchev–Trinajstić information content (AvgIpc) is 2.50. The molecule has 0 aromatic heterocycles. The molecule has 1 aromatic carbocycles. The zero-order chi connectivity index (χ0) is 15.8. The molecule has 0 radical (unpaired) electrons. The number of nitrogens with zero attached hydrogens (tertiary/aromatic N) is 2. The molecule has 0 spiro atoms. The summed E-state index contributed by atoms with van der Waals surface area (Å²) in [6.45, 7) is 4.53. The third-order valence-electron chi connectivity index (χ3n) is 3.42. The third-order valence-corrected chi connectivity index (χ3v) is 3.42. The molecule has 21 heavy (non-hydrogen) atoms. The first-order valence-corrected chi connectivity index (χ1v) is 7.26. The Morgan fingerprint density at radius 2 is 2.19 bits per heavy atom. The minimum absolute atomic E-state index is 0.158. The van der Waals surface area contributed by atoms with Crippen molar-refractivity contribution in [2.24, 2.45) is 5.73 Å². The predicted octanol–water partition coefficient (Wildman–Crippen LogP) is 2.56. The lowest BCUT2D eigenvalue weighted by Crippen LogP contribution is -2.43. The number of carbonyl (C=O) groups is 1. The van der Waals surface area contributed by atoms with Gasteiger partial charge in [0.15, 0.2) is 0 Å². The van der Waals surface area contributed by atoms with Gasteiger partial charge in [-0.2, -0.15) is 5.26 Å². The maximum atomic E-state index is 13.9. The number of hydrogen-bond acceptors (Lipinski definition) is 3. The van der Waals surface area contributed by atoms with E-state index in [4.69, 9.17) is 11.0 Å². The van der Waals surface area contributed by atoms with E-state index in [1.807, 2.05) is 19.9 Å². The Balaban J connectivity index is 2.78. The van der Waals surface area contributed by atoms with E-state index in [-0.39, 0.29) is 18.0 Å². The molecule has 5 heteroatoms. The highest BCUT2D eigenvalue weighted by Gasteiger charge is 2.20. The van der Waals surface area contributed by atoms with Crippen LogP contribution >= 0.6 is 0 Å². The third kappa shape index (κ3) is 4.83. The Morgan fingerprint density at radius 3 is 2.71 bits per heavy atom. The van der Waals surface area contributed by atoms with Crippen LogP contribution in [0.15, 0.2) is 18.2 Å². The number of likely N-dealkylation sites (N-methyl/N-ethyl adjacent to an activating group) is 1. The summed E-state index contributed by atoms with van der Waals surface area (Å²) in [6, 6.07) is 5.63. The molecule has 1 rings (SSSR count). The molecule has 114 valence electrons. The second-order valence-electron chi connectivity index (χ2n) is 5.02. The van der Waals surface area contributed by atoms with Gasteiger partial charge in [0.1, 0.15) is 5.82 Å². The topological polar surface area (TPSA) is 70.1 Å². The first-order chi connectivity index (χ1) is 10.0. The van der Waals surface area contributed by atoms with Crippen molar-refractivity contribution < 1.29 is 9.18 Å². The van der Waals surface area contributed by atoms with Crippen molar-refractivity contribution in [3.63, 3.8) is 0 Å². The van der Waals surface area contributed by atoms with E-state index in [0.29, 0.717) is 18.5 Å². The molecule has 0 unspecified atom stereocenters. The lowest BCUT2D eigenvalue weighted by atomic mass is 10.1. The molecule has 0 saturated heterocycles. The highest BCUT2D eigenvalue weighted by atomic mass is 19.1. The van der Waals surface area contributed by atoms with Gasteiger partial charge in [0.25, 0.3) is 0 Å². The van der Waals surface area contributed by atoms with Gasteiger partial charge in [-0.15, -0.1) is 0 Å². The molecule has 2 N–H and O–H groups in total. The molecule has 0 heterocycles. The molecule has 0 fully saturated rings. The highest BCUT2D eigenvalue weighted by molar-refractivity contribution is 5.81. The first-order valence-electron chi connectivity index (χ1n) is 7.26. The van der Waals surface area contributed by atoms with Crippen molar-refractivity contribution >= 4 is 5.91 Å². The molecule has 0 bridgehead atoms. The zero-order valence-electron chi connectivity index (χ0n) is 12.6. The maximum absolute atomic E-state index is 13.9. The standard InChI is InChI=1S/C16H22FN3O/c1-3-5-6-15(19)16(21)20(4-2)11-13-8-7-12(10-18)9-14(13)17/h7-9,15H,3-6,11,19H2,1-2H3/t15-/m0/s1. The molecule has 1 aromatic rings. The molecule has 0 saturated carbocycles. The van der Waals surface area contributed by atoms with Gasteiger partial charge < -0.3 is 10.6 Å². The second kappa shape index (κ2) is 8.38. The Morgan fingerprint density at radius 1 is 1.48 bits per heavy atom. The van der Waals surface area contributed by atoms with Crippen LogP contribution in [0.2, 0.25) is 0 Å². The number of hydrogen-bond donors (Lipinski definition) is 1. The van der Waals surface area contributed by atoms with E-state index in [0.717, 1.165) is 12.8 Å².